The summed E-state index contributed by atoms with van der Waals surface area (Å²) in [5.74, 6) is 1.24. The van der Waals surface area contributed by atoms with Gasteiger partial charge in [0.05, 0.1) is 12.7 Å². The van der Waals surface area contributed by atoms with Crippen molar-refractivity contribution in [2.45, 2.75) is 76.7 Å². The van der Waals surface area contributed by atoms with Gasteiger partial charge in [-0.2, -0.15) is 0 Å². The van der Waals surface area contributed by atoms with Crippen molar-refractivity contribution >= 4 is 5.91 Å². The fraction of sp³-hybridized carbons (Fsp3) is 0.682. The number of carbonyl (C=O) groups is 1. The fourth-order valence-corrected chi connectivity index (χ4v) is 3.87. The highest BCUT2D eigenvalue weighted by molar-refractivity contribution is 5.95. The predicted octanol–water partition coefficient (Wildman–Crippen LogP) is 2.98. The molecule has 0 radical (unpaired) electrons. The van der Waals surface area contributed by atoms with Crippen LogP contribution < -0.4 is 14.8 Å². The number of rotatable bonds is 8. The largest absolute Gasteiger partial charge is 0.493 e. The van der Waals surface area contributed by atoms with Crippen molar-refractivity contribution in [3.63, 3.8) is 0 Å². The van der Waals surface area contributed by atoms with Gasteiger partial charge in [-0.1, -0.05) is 0 Å². The zero-order valence-corrected chi connectivity index (χ0v) is 17.5. The van der Waals surface area contributed by atoms with Crippen LogP contribution in [0.1, 0.15) is 63.2 Å². The summed E-state index contributed by atoms with van der Waals surface area (Å²) in [5, 5.41) is 13.1. The Kier molecular flexibility index (Phi) is 6.50. The van der Waals surface area contributed by atoms with Gasteiger partial charge in [0.1, 0.15) is 6.10 Å². The lowest BCUT2D eigenvalue weighted by Crippen LogP contribution is -2.45. The van der Waals surface area contributed by atoms with Crippen LogP contribution in [0.15, 0.2) is 18.2 Å². The number of nitrogens with one attached hydrogen (secondary N) is 1. The van der Waals surface area contributed by atoms with Crippen LogP contribution in [0.5, 0.6) is 11.5 Å². The lowest BCUT2D eigenvalue weighted by atomic mass is 9.97. The van der Waals surface area contributed by atoms with Crippen molar-refractivity contribution in [3.8, 4) is 11.5 Å². The second-order valence-electron chi connectivity index (χ2n) is 8.83. The predicted molar refractivity (Wildman–Crippen MR) is 109 cm³/mol. The van der Waals surface area contributed by atoms with Crippen LogP contribution in [0.25, 0.3) is 0 Å². The number of carbonyl (C=O) groups excluding carboxylic acids is 1. The Balaban J connectivity index is 1.58. The molecule has 2 fully saturated rings. The number of aliphatic hydroxyl groups is 1. The van der Waals surface area contributed by atoms with Crippen molar-refractivity contribution < 1.29 is 19.4 Å². The molecule has 0 spiro atoms. The molecule has 0 unspecified atom stereocenters. The van der Waals surface area contributed by atoms with E-state index >= 15 is 0 Å². The van der Waals surface area contributed by atoms with E-state index in [2.05, 4.69) is 17.1 Å². The molecule has 156 valence electrons. The lowest BCUT2D eigenvalue weighted by Gasteiger charge is -2.38. The first kappa shape index (κ1) is 20.9. The molecule has 1 aromatic rings. The Hall–Kier alpha value is -1.79. The Morgan fingerprint density at radius 1 is 1.25 bits per heavy atom. The topological polar surface area (TPSA) is 71.0 Å². The summed E-state index contributed by atoms with van der Waals surface area (Å²) in [6, 6.07) is 6.04. The number of piperidine rings is 1. The Morgan fingerprint density at radius 3 is 2.50 bits per heavy atom. The van der Waals surface area contributed by atoms with E-state index in [9.17, 15) is 9.90 Å². The molecule has 1 saturated heterocycles. The zero-order valence-electron chi connectivity index (χ0n) is 17.5. The molecule has 3 rings (SSSR count). The summed E-state index contributed by atoms with van der Waals surface area (Å²) in [6.07, 6.45) is 4.81. The molecular weight excluding hydrogens is 356 g/mol. The molecule has 0 bridgehead atoms. The van der Waals surface area contributed by atoms with Gasteiger partial charge in [-0.05, 0) is 71.1 Å². The summed E-state index contributed by atoms with van der Waals surface area (Å²) >= 11 is 0. The molecular formula is C22H34N2O4. The van der Waals surface area contributed by atoms with E-state index in [1.807, 2.05) is 13.8 Å². The van der Waals surface area contributed by atoms with Crippen molar-refractivity contribution in [2.75, 3.05) is 20.2 Å². The maximum Gasteiger partial charge on any atom is 0.251 e. The monoisotopic (exact) mass is 390 g/mol. The number of ether oxygens (including phenoxy) is 2. The second kappa shape index (κ2) is 8.70. The molecule has 1 aromatic carbocycles. The van der Waals surface area contributed by atoms with Gasteiger partial charge in [0.2, 0.25) is 0 Å². The van der Waals surface area contributed by atoms with E-state index in [0.717, 1.165) is 45.2 Å². The van der Waals surface area contributed by atoms with Gasteiger partial charge < -0.3 is 24.8 Å². The zero-order chi connectivity index (χ0) is 20.3. The highest BCUT2D eigenvalue weighted by Gasteiger charge is 2.28. The van der Waals surface area contributed by atoms with Gasteiger partial charge in [0.25, 0.3) is 5.91 Å². The molecule has 2 aliphatic rings. The smallest absolute Gasteiger partial charge is 0.251 e. The molecule has 0 aromatic heterocycles. The van der Waals surface area contributed by atoms with Crippen LogP contribution in [0.3, 0.4) is 0 Å². The Bertz CT molecular complexity index is 674. The maximum atomic E-state index is 12.3. The van der Waals surface area contributed by atoms with Crippen LogP contribution in [0.4, 0.5) is 0 Å². The van der Waals surface area contributed by atoms with Gasteiger partial charge in [-0.15, -0.1) is 0 Å². The third-order valence-corrected chi connectivity index (χ3v) is 5.53. The minimum absolute atomic E-state index is 0.0507. The molecule has 1 atom stereocenters. The van der Waals surface area contributed by atoms with Gasteiger partial charge in [0.15, 0.2) is 11.5 Å². The van der Waals surface area contributed by atoms with E-state index < -0.39 is 5.60 Å². The van der Waals surface area contributed by atoms with E-state index in [4.69, 9.17) is 9.47 Å². The molecule has 1 amide bonds. The van der Waals surface area contributed by atoms with Gasteiger partial charge in [0, 0.05) is 30.7 Å². The van der Waals surface area contributed by atoms with Gasteiger partial charge >= 0.3 is 0 Å². The third-order valence-electron chi connectivity index (χ3n) is 5.53. The van der Waals surface area contributed by atoms with Crippen LogP contribution >= 0.6 is 0 Å². The highest BCUT2D eigenvalue weighted by atomic mass is 16.5. The summed E-state index contributed by atoms with van der Waals surface area (Å²) in [6.45, 7) is 7.76. The van der Waals surface area contributed by atoms with Crippen LogP contribution in [-0.2, 0) is 0 Å². The molecule has 1 saturated carbocycles. The third kappa shape index (κ3) is 5.85. The van der Waals surface area contributed by atoms with Crippen molar-refractivity contribution in [2.24, 2.45) is 0 Å². The van der Waals surface area contributed by atoms with E-state index in [-0.39, 0.29) is 12.0 Å². The van der Waals surface area contributed by atoms with E-state index in [0.29, 0.717) is 29.1 Å². The Labute approximate surface area is 168 Å². The average molecular weight is 391 g/mol. The van der Waals surface area contributed by atoms with Crippen LogP contribution in [0, 0.1) is 0 Å². The van der Waals surface area contributed by atoms with Crippen molar-refractivity contribution in [1.82, 2.24) is 10.2 Å². The van der Waals surface area contributed by atoms with Gasteiger partial charge in [-0.25, -0.2) is 0 Å². The minimum Gasteiger partial charge on any atom is -0.493 e. The molecule has 1 heterocycles. The van der Waals surface area contributed by atoms with Crippen LogP contribution in [0.2, 0.25) is 0 Å². The fourth-order valence-electron chi connectivity index (χ4n) is 3.87. The van der Waals surface area contributed by atoms with E-state index in [1.54, 1.807) is 25.3 Å². The quantitative estimate of drug-likeness (QED) is 0.714. The maximum absolute atomic E-state index is 12.3. The normalized spacial score (nSPS) is 19.9. The number of amides is 1. The first-order valence-electron chi connectivity index (χ1n) is 10.4. The van der Waals surface area contributed by atoms with E-state index in [1.165, 1.54) is 0 Å². The highest BCUT2D eigenvalue weighted by Crippen LogP contribution is 2.31. The number of likely N-dealkylation sites (tertiary alicyclic amines) is 1. The summed E-state index contributed by atoms with van der Waals surface area (Å²) in [7, 11) is 1.62. The molecule has 6 heteroatoms. The van der Waals surface area contributed by atoms with Crippen molar-refractivity contribution in [1.29, 1.82) is 0 Å². The summed E-state index contributed by atoms with van der Waals surface area (Å²) < 4.78 is 11.7. The number of methoxy groups -OCH3 is 1. The number of benzene rings is 1. The first-order chi connectivity index (χ1) is 13.2. The minimum atomic E-state index is -0.651. The van der Waals surface area contributed by atoms with Crippen LogP contribution in [-0.4, -0.2) is 59.9 Å². The number of hydrogen-bond donors (Lipinski definition) is 2. The average Bonchev–Trinajstić information content (AvgIpc) is 3.44. The number of hydrogen-bond acceptors (Lipinski definition) is 5. The standard InChI is InChI=1S/C22H34N2O4/c1-15(14-22(2,3)26)24-11-9-18(10-12-24)28-20-13-16(5-8-19(20)27-4)21(25)23-17-6-7-17/h5,8,13,15,17-18,26H,6-7,9-12,14H2,1-4H3,(H,23,25)/t15-/m0/s1. The molecule has 1 aliphatic carbocycles. The second-order valence-corrected chi connectivity index (χ2v) is 8.83. The van der Waals surface area contributed by atoms with Crippen molar-refractivity contribution in [3.05, 3.63) is 23.8 Å². The SMILES string of the molecule is COc1ccc(C(=O)NC2CC2)cc1OC1CCN([C@@H](C)CC(C)(C)O)CC1. The number of nitrogens with zero attached hydrogens (tertiary/aromatic N) is 1. The Morgan fingerprint density at radius 2 is 1.93 bits per heavy atom. The molecule has 1 aliphatic heterocycles. The van der Waals surface area contributed by atoms with Gasteiger partial charge in [-0.3, -0.25) is 4.79 Å². The summed E-state index contributed by atoms with van der Waals surface area (Å²) in [4.78, 5) is 14.7. The summed E-state index contributed by atoms with van der Waals surface area (Å²) in [5.41, 5.74) is -0.0411. The molecule has 2 N–H and O–H groups in total. The molecule has 6 nitrogen and oxygen atoms in total. The molecule has 28 heavy (non-hydrogen) atoms. The first-order valence-corrected chi connectivity index (χ1v) is 10.4. The lowest BCUT2D eigenvalue weighted by molar-refractivity contribution is 0.0193.